The number of hydrogen-bond donors (Lipinski definition) is 1. The van der Waals surface area contributed by atoms with Gasteiger partial charge in [0.1, 0.15) is 0 Å². The third kappa shape index (κ3) is 3.61. The van der Waals surface area contributed by atoms with Crippen LogP contribution < -0.4 is 5.73 Å². The summed E-state index contributed by atoms with van der Waals surface area (Å²) in [5, 5.41) is 0. The smallest absolute Gasteiger partial charge is 0.0356 e. The fourth-order valence-electron chi connectivity index (χ4n) is 4.32. The molecule has 0 aromatic carbocycles. The van der Waals surface area contributed by atoms with E-state index in [-0.39, 0.29) is 5.54 Å². The molecule has 21 heavy (non-hydrogen) atoms. The molecule has 2 aliphatic heterocycles. The van der Waals surface area contributed by atoms with Gasteiger partial charge in [-0.05, 0) is 46.2 Å². The van der Waals surface area contributed by atoms with Gasteiger partial charge in [-0.1, -0.05) is 13.8 Å². The molecule has 0 saturated carbocycles. The second-order valence-corrected chi connectivity index (χ2v) is 7.17. The van der Waals surface area contributed by atoms with Crippen LogP contribution in [-0.4, -0.2) is 78.1 Å². The normalized spacial score (nSPS) is 27.9. The van der Waals surface area contributed by atoms with Gasteiger partial charge >= 0.3 is 0 Å². The summed E-state index contributed by atoms with van der Waals surface area (Å²) in [5.74, 6) is 0. The minimum absolute atomic E-state index is 0.271. The highest BCUT2D eigenvalue weighted by Crippen LogP contribution is 2.33. The average Bonchev–Trinajstić information content (AvgIpc) is 2.99. The summed E-state index contributed by atoms with van der Waals surface area (Å²) in [4.78, 5) is 7.95. The van der Waals surface area contributed by atoms with Crippen LogP contribution in [0.3, 0.4) is 0 Å². The molecule has 2 rings (SSSR count). The van der Waals surface area contributed by atoms with Gasteiger partial charge in [0.15, 0.2) is 0 Å². The van der Waals surface area contributed by atoms with Crippen molar-refractivity contribution in [3.05, 3.63) is 0 Å². The number of nitrogens with two attached hydrogens (primary N) is 1. The van der Waals surface area contributed by atoms with E-state index in [9.17, 15) is 0 Å². The molecule has 0 bridgehead atoms. The summed E-state index contributed by atoms with van der Waals surface area (Å²) in [7, 11) is 0. The first-order chi connectivity index (χ1) is 10.1. The Morgan fingerprint density at radius 1 is 1.14 bits per heavy atom. The molecule has 0 aromatic rings. The topological polar surface area (TPSA) is 35.7 Å². The van der Waals surface area contributed by atoms with Gasteiger partial charge in [-0.15, -0.1) is 0 Å². The molecule has 124 valence electrons. The molecule has 4 nitrogen and oxygen atoms in total. The highest BCUT2D eigenvalue weighted by Gasteiger charge is 2.42. The van der Waals surface area contributed by atoms with Crippen molar-refractivity contribution in [3.8, 4) is 0 Å². The maximum Gasteiger partial charge on any atom is 0.0356 e. The highest BCUT2D eigenvalue weighted by atomic mass is 15.3. The van der Waals surface area contributed by atoms with Crippen LogP contribution in [0.15, 0.2) is 0 Å². The molecule has 2 heterocycles. The Bertz CT molecular complexity index is 306. The van der Waals surface area contributed by atoms with Gasteiger partial charge in [-0.2, -0.15) is 0 Å². The summed E-state index contributed by atoms with van der Waals surface area (Å²) >= 11 is 0. The Kier molecular flexibility index (Phi) is 6.06. The molecule has 0 spiro atoms. The lowest BCUT2D eigenvalue weighted by molar-refractivity contribution is 0.0281. The number of nitrogens with zero attached hydrogens (tertiary/aromatic N) is 3. The van der Waals surface area contributed by atoms with Crippen molar-refractivity contribution in [1.29, 1.82) is 0 Å². The molecule has 0 amide bonds. The molecule has 2 N–H and O–H groups in total. The Labute approximate surface area is 131 Å². The lowest BCUT2D eigenvalue weighted by atomic mass is 9.85. The Morgan fingerprint density at radius 2 is 1.76 bits per heavy atom. The van der Waals surface area contributed by atoms with Crippen molar-refractivity contribution in [2.45, 2.75) is 64.6 Å². The van der Waals surface area contributed by atoms with E-state index in [1.807, 2.05) is 0 Å². The predicted octanol–water partition coefficient (Wildman–Crippen LogP) is 1.60. The van der Waals surface area contributed by atoms with Crippen molar-refractivity contribution in [2.24, 2.45) is 5.73 Å². The second-order valence-electron chi connectivity index (χ2n) is 7.17. The first-order valence-electron chi connectivity index (χ1n) is 8.99. The third-order valence-corrected chi connectivity index (χ3v) is 6.00. The maximum absolute atomic E-state index is 6.25. The average molecular weight is 297 g/mol. The van der Waals surface area contributed by atoms with E-state index in [2.05, 4.69) is 42.4 Å². The van der Waals surface area contributed by atoms with Gasteiger partial charge < -0.3 is 10.6 Å². The number of rotatable bonds is 6. The number of piperidine rings is 1. The van der Waals surface area contributed by atoms with E-state index in [0.717, 1.165) is 12.6 Å². The second kappa shape index (κ2) is 7.40. The van der Waals surface area contributed by atoms with E-state index in [0.29, 0.717) is 6.04 Å². The van der Waals surface area contributed by atoms with Crippen molar-refractivity contribution < 1.29 is 0 Å². The summed E-state index contributed by atoms with van der Waals surface area (Å²) in [6.07, 6.45) is 3.80. The van der Waals surface area contributed by atoms with Gasteiger partial charge in [-0.25, -0.2) is 0 Å². The molecule has 1 unspecified atom stereocenters. The van der Waals surface area contributed by atoms with Crippen LogP contribution in [0.1, 0.15) is 47.0 Å². The van der Waals surface area contributed by atoms with Gasteiger partial charge in [0.25, 0.3) is 0 Å². The van der Waals surface area contributed by atoms with Crippen molar-refractivity contribution in [2.75, 3.05) is 45.8 Å². The minimum Gasteiger partial charge on any atom is -0.329 e. The van der Waals surface area contributed by atoms with E-state index in [1.165, 1.54) is 58.5 Å². The standard InChI is InChI=1S/C17H36N4/c1-5-19(6-2)16-7-10-21(13-16)17(14-18)8-11-20(12-9-17)15(3)4/h15-16H,5-14,18H2,1-4H3. The Hall–Kier alpha value is -0.160. The van der Waals surface area contributed by atoms with Crippen LogP contribution in [-0.2, 0) is 0 Å². The van der Waals surface area contributed by atoms with Crippen molar-refractivity contribution >= 4 is 0 Å². The third-order valence-electron chi connectivity index (χ3n) is 6.00. The quantitative estimate of drug-likeness (QED) is 0.808. The monoisotopic (exact) mass is 296 g/mol. The molecular formula is C17H36N4. The zero-order valence-electron chi connectivity index (χ0n) is 14.6. The molecule has 1 atom stereocenters. The molecule has 0 radical (unpaired) electrons. The highest BCUT2D eigenvalue weighted by molar-refractivity contribution is 5.00. The van der Waals surface area contributed by atoms with Crippen LogP contribution in [0.2, 0.25) is 0 Å². The SMILES string of the molecule is CCN(CC)C1CCN(C2(CN)CCN(C(C)C)CC2)C1. The number of likely N-dealkylation sites (tertiary alicyclic amines) is 2. The van der Waals surface area contributed by atoms with Gasteiger partial charge in [0, 0.05) is 50.3 Å². The minimum atomic E-state index is 0.271. The Balaban J connectivity index is 1.96. The fourth-order valence-corrected chi connectivity index (χ4v) is 4.32. The maximum atomic E-state index is 6.25. The summed E-state index contributed by atoms with van der Waals surface area (Å²) in [6, 6.07) is 1.41. The molecule has 0 aromatic heterocycles. The van der Waals surface area contributed by atoms with E-state index in [1.54, 1.807) is 0 Å². The molecule has 4 heteroatoms. The molecular weight excluding hydrogens is 260 g/mol. The molecule has 2 aliphatic rings. The first kappa shape index (κ1) is 17.2. The zero-order chi connectivity index (χ0) is 15.5. The van der Waals surface area contributed by atoms with Gasteiger partial charge in [-0.3, -0.25) is 9.80 Å². The number of likely N-dealkylation sites (N-methyl/N-ethyl adjacent to an activating group) is 1. The lowest BCUT2D eigenvalue weighted by Crippen LogP contribution is -2.59. The lowest BCUT2D eigenvalue weighted by Gasteiger charge is -2.48. The van der Waals surface area contributed by atoms with Crippen LogP contribution in [0.25, 0.3) is 0 Å². The van der Waals surface area contributed by atoms with E-state index >= 15 is 0 Å². The van der Waals surface area contributed by atoms with Crippen LogP contribution >= 0.6 is 0 Å². The zero-order valence-corrected chi connectivity index (χ0v) is 14.6. The largest absolute Gasteiger partial charge is 0.329 e. The Morgan fingerprint density at radius 3 is 2.24 bits per heavy atom. The van der Waals surface area contributed by atoms with Crippen molar-refractivity contribution in [1.82, 2.24) is 14.7 Å². The van der Waals surface area contributed by atoms with Crippen LogP contribution in [0, 0.1) is 0 Å². The van der Waals surface area contributed by atoms with Crippen molar-refractivity contribution in [3.63, 3.8) is 0 Å². The van der Waals surface area contributed by atoms with Crippen LogP contribution in [0.5, 0.6) is 0 Å². The van der Waals surface area contributed by atoms with E-state index in [4.69, 9.17) is 5.73 Å². The summed E-state index contributed by atoms with van der Waals surface area (Å²) in [5.41, 5.74) is 6.52. The summed E-state index contributed by atoms with van der Waals surface area (Å²) < 4.78 is 0. The van der Waals surface area contributed by atoms with E-state index < -0.39 is 0 Å². The fraction of sp³-hybridized carbons (Fsp3) is 1.00. The predicted molar refractivity (Wildman–Crippen MR) is 90.6 cm³/mol. The van der Waals surface area contributed by atoms with Gasteiger partial charge in [0.2, 0.25) is 0 Å². The van der Waals surface area contributed by atoms with Crippen LogP contribution in [0.4, 0.5) is 0 Å². The number of hydrogen-bond acceptors (Lipinski definition) is 4. The van der Waals surface area contributed by atoms with Gasteiger partial charge in [0.05, 0.1) is 0 Å². The summed E-state index contributed by atoms with van der Waals surface area (Å²) in [6.45, 7) is 17.2. The first-order valence-corrected chi connectivity index (χ1v) is 8.99. The molecule has 2 fully saturated rings. The molecule has 0 aliphatic carbocycles. The molecule has 2 saturated heterocycles.